The fourth-order valence-electron chi connectivity index (χ4n) is 6.57. The van der Waals surface area contributed by atoms with Crippen LogP contribution < -0.4 is 19.5 Å². The average Bonchev–Trinajstić information content (AvgIpc) is 3.65. The van der Waals surface area contributed by atoms with Gasteiger partial charge in [0.05, 0.1) is 33.4 Å². The summed E-state index contributed by atoms with van der Waals surface area (Å²) in [6, 6.07) is 21.5. The molecule has 0 radical (unpaired) electrons. The van der Waals surface area contributed by atoms with E-state index in [4.69, 9.17) is 14.2 Å². The third-order valence-corrected chi connectivity index (χ3v) is 11.3. The number of nitrogens with zero attached hydrogens (tertiary/aromatic N) is 5. The summed E-state index contributed by atoms with van der Waals surface area (Å²) in [7, 11) is -0.602. The summed E-state index contributed by atoms with van der Waals surface area (Å²) in [4.78, 5) is 10.4. The van der Waals surface area contributed by atoms with Crippen LogP contribution in [-0.4, -0.2) is 71.5 Å². The Balaban J connectivity index is 1.58. The summed E-state index contributed by atoms with van der Waals surface area (Å²) in [6.07, 6.45) is -3.86. The second-order valence-electron chi connectivity index (χ2n) is 13.0. The fraction of sp³-hybridized carbons (Fsp3) is 0.282. The maximum atomic E-state index is 15.3. The van der Waals surface area contributed by atoms with Crippen molar-refractivity contribution >= 4 is 21.7 Å². The standard InChI is InChI=1S/C39H39F3N6O7S/c1-53-30-14-4-25(5-15-30)22-47(23-26-6-16-31(54-2)17-7-26)56(51,52)36-34(39(40,41)42)21-20-33(28-10-12-29(13-11-28)43-38(49)50)35(36)37-44-45-46-48(37)24-27-8-18-32(55-3)19-9-27/h4-10,14-21,29,43H,11-13,22-24H2,1-3H3,(H,49,50). The molecule has 1 aliphatic carbocycles. The minimum atomic E-state index is -5.13. The van der Waals surface area contributed by atoms with E-state index in [1.165, 1.54) is 32.1 Å². The monoisotopic (exact) mass is 792 g/mol. The number of alkyl halides is 3. The highest BCUT2D eigenvalue weighted by molar-refractivity contribution is 7.89. The van der Waals surface area contributed by atoms with E-state index >= 15 is 21.6 Å². The van der Waals surface area contributed by atoms with Crippen LogP contribution in [0.25, 0.3) is 17.0 Å². The number of halogens is 3. The molecule has 1 unspecified atom stereocenters. The van der Waals surface area contributed by atoms with Gasteiger partial charge in [-0.05, 0) is 100.0 Å². The van der Waals surface area contributed by atoms with Gasteiger partial charge in [-0.3, -0.25) is 0 Å². The molecule has 1 aliphatic rings. The van der Waals surface area contributed by atoms with Crippen molar-refractivity contribution in [1.82, 2.24) is 29.8 Å². The Morgan fingerprint density at radius 2 is 1.39 bits per heavy atom. The third kappa shape index (κ3) is 8.95. The molecule has 0 saturated heterocycles. The maximum Gasteiger partial charge on any atom is 0.417 e. The first kappa shape index (κ1) is 39.7. The fourth-order valence-corrected chi connectivity index (χ4v) is 8.38. The number of hydrogen-bond acceptors (Lipinski definition) is 9. The number of allylic oxidation sites excluding steroid dienone is 1. The largest absolute Gasteiger partial charge is 0.497 e. The van der Waals surface area contributed by atoms with Gasteiger partial charge in [-0.2, -0.15) is 17.5 Å². The van der Waals surface area contributed by atoms with Crippen LogP contribution in [0.1, 0.15) is 47.1 Å². The molecule has 1 aromatic heterocycles. The summed E-state index contributed by atoms with van der Waals surface area (Å²) in [5.41, 5.74) is 0.609. The lowest BCUT2D eigenvalue weighted by Crippen LogP contribution is -2.34. The van der Waals surface area contributed by atoms with Gasteiger partial charge in [0.1, 0.15) is 22.1 Å². The van der Waals surface area contributed by atoms with Crippen molar-refractivity contribution in [2.45, 2.75) is 56.0 Å². The smallest absolute Gasteiger partial charge is 0.417 e. The molecular weight excluding hydrogens is 754 g/mol. The summed E-state index contributed by atoms with van der Waals surface area (Å²) in [6.45, 7) is -0.630. The number of ether oxygens (including phenoxy) is 3. The lowest BCUT2D eigenvalue weighted by molar-refractivity contribution is -0.139. The quantitative estimate of drug-likeness (QED) is 0.120. The molecule has 4 aromatic carbocycles. The highest BCUT2D eigenvalue weighted by Gasteiger charge is 2.43. The zero-order valence-corrected chi connectivity index (χ0v) is 31.5. The molecule has 0 saturated carbocycles. The molecule has 294 valence electrons. The van der Waals surface area contributed by atoms with Crippen LogP contribution in [0.2, 0.25) is 0 Å². The van der Waals surface area contributed by atoms with Gasteiger partial charge in [-0.25, -0.2) is 17.9 Å². The van der Waals surface area contributed by atoms with Crippen LogP contribution >= 0.6 is 0 Å². The molecule has 2 N–H and O–H groups in total. The molecule has 17 heteroatoms. The number of rotatable bonds is 14. The Bertz CT molecular complexity index is 2250. The summed E-state index contributed by atoms with van der Waals surface area (Å²) < 4.78 is 94.5. The maximum absolute atomic E-state index is 15.3. The van der Waals surface area contributed by atoms with Crippen molar-refractivity contribution in [3.8, 4) is 28.6 Å². The van der Waals surface area contributed by atoms with E-state index in [0.717, 1.165) is 10.4 Å². The molecule has 1 amide bonds. The van der Waals surface area contributed by atoms with Crippen LogP contribution in [0, 0.1) is 0 Å². The number of amides is 1. The molecule has 56 heavy (non-hydrogen) atoms. The van der Waals surface area contributed by atoms with E-state index in [9.17, 15) is 9.90 Å². The first-order valence-corrected chi connectivity index (χ1v) is 18.8. The highest BCUT2D eigenvalue weighted by Crippen LogP contribution is 2.45. The Labute approximate surface area is 321 Å². The Kier molecular flexibility index (Phi) is 11.9. The van der Waals surface area contributed by atoms with Crippen molar-refractivity contribution < 1.29 is 45.7 Å². The lowest BCUT2D eigenvalue weighted by atomic mass is 9.87. The summed E-state index contributed by atoms with van der Waals surface area (Å²) >= 11 is 0. The number of aromatic nitrogens is 4. The number of hydrogen-bond donors (Lipinski definition) is 2. The molecule has 5 aromatic rings. The van der Waals surface area contributed by atoms with E-state index in [0.29, 0.717) is 45.9 Å². The SMILES string of the molecule is COc1ccc(CN(Cc2ccc(OC)cc2)S(=O)(=O)c2c(C(F)(F)F)ccc(C3=CCC(NC(=O)O)CC3)c2-c2nnnn2Cc2ccc(OC)cc2)cc1. The summed E-state index contributed by atoms with van der Waals surface area (Å²) in [5.74, 6) is 1.39. The van der Waals surface area contributed by atoms with E-state index in [1.807, 2.05) is 0 Å². The predicted octanol–water partition coefficient (Wildman–Crippen LogP) is 7.03. The number of nitrogens with one attached hydrogen (secondary N) is 1. The van der Waals surface area contributed by atoms with Crippen molar-refractivity contribution in [3.05, 3.63) is 119 Å². The van der Waals surface area contributed by atoms with Crippen LogP contribution in [0.4, 0.5) is 18.0 Å². The van der Waals surface area contributed by atoms with Gasteiger partial charge in [0.25, 0.3) is 0 Å². The van der Waals surface area contributed by atoms with Crippen molar-refractivity contribution in [2.75, 3.05) is 21.3 Å². The van der Waals surface area contributed by atoms with E-state index in [1.54, 1.807) is 78.9 Å². The first-order chi connectivity index (χ1) is 26.8. The van der Waals surface area contributed by atoms with Crippen molar-refractivity contribution in [2.24, 2.45) is 0 Å². The average molecular weight is 793 g/mol. The Morgan fingerprint density at radius 1 is 0.857 bits per heavy atom. The summed E-state index contributed by atoms with van der Waals surface area (Å²) in [5, 5.41) is 23.8. The van der Waals surface area contributed by atoms with E-state index in [2.05, 4.69) is 20.8 Å². The zero-order chi connectivity index (χ0) is 40.0. The first-order valence-electron chi connectivity index (χ1n) is 17.4. The lowest BCUT2D eigenvalue weighted by Gasteiger charge is -2.28. The number of tetrazole rings is 1. The second kappa shape index (κ2) is 16.8. The van der Waals surface area contributed by atoms with Crippen LogP contribution in [0.3, 0.4) is 0 Å². The highest BCUT2D eigenvalue weighted by atomic mass is 32.2. The van der Waals surface area contributed by atoms with Gasteiger partial charge in [0.15, 0.2) is 5.82 Å². The van der Waals surface area contributed by atoms with Gasteiger partial charge >= 0.3 is 12.3 Å². The van der Waals surface area contributed by atoms with Crippen LogP contribution in [-0.2, 0) is 35.8 Å². The minimum Gasteiger partial charge on any atom is -0.497 e. The Hall–Kier alpha value is -5.94. The molecule has 0 bridgehead atoms. The zero-order valence-electron chi connectivity index (χ0n) is 30.7. The van der Waals surface area contributed by atoms with Crippen LogP contribution in [0.15, 0.2) is 95.9 Å². The van der Waals surface area contributed by atoms with Crippen LogP contribution in [0.5, 0.6) is 17.2 Å². The van der Waals surface area contributed by atoms with Gasteiger partial charge in [-0.15, -0.1) is 5.10 Å². The molecule has 0 fully saturated rings. The number of benzene rings is 4. The normalized spacial score (nSPS) is 14.6. The molecule has 1 heterocycles. The molecular formula is C39H39F3N6O7S. The number of carboxylic acid groups (broad SMARTS) is 1. The van der Waals surface area contributed by atoms with Gasteiger partial charge in [-0.1, -0.05) is 48.5 Å². The predicted molar refractivity (Wildman–Crippen MR) is 200 cm³/mol. The van der Waals surface area contributed by atoms with E-state index in [-0.39, 0.29) is 49.4 Å². The third-order valence-electron chi connectivity index (χ3n) is 9.43. The molecule has 0 spiro atoms. The van der Waals surface area contributed by atoms with Crippen molar-refractivity contribution in [3.63, 3.8) is 0 Å². The number of methoxy groups -OCH3 is 3. The molecule has 6 rings (SSSR count). The van der Waals surface area contributed by atoms with Gasteiger partial charge in [0.2, 0.25) is 10.0 Å². The molecule has 0 aliphatic heterocycles. The van der Waals surface area contributed by atoms with Crippen molar-refractivity contribution in [1.29, 1.82) is 0 Å². The van der Waals surface area contributed by atoms with E-state index < -0.39 is 38.8 Å². The van der Waals surface area contributed by atoms with Gasteiger partial charge < -0.3 is 24.6 Å². The topological polar surface area (TPSA) is 158 Å². The minimum absolute atomic E-state index is 0.0213. The number of sulfonamides is 1. The second-order valence-corrected chi connectivity index (χ2v) is 14.9. The Morgan fingerprint density at radius 3 is 1.86 bits per heavy atom. The number of carbonyl (C=O) groups is 1. The molecule has 1 atom stereocenters. The van der Waals surface area contributed by atoms with Gasteiger partial charge in [0, 0.05) is 24.7 Å². The molecule has 13 nitrogen and oxygen atoms in total.